The first-order chi connectivity index (χ1) is 10.1. The van der Waals surface area contributed by atoms with Gasteiger partial charge in [-0.15, -0.1) is 0 Å². The third-order valence-electron chi connectivity index (χ3n) is 2.93. The number of allylic oxidation sites excluding steroid dienone is 2. The van der Waals surface area contributed by atoms with Gasteiger partial charge in [-0.25, -0.2) is 8.78 Å². The number of benzene rings is 2. The molecule has 0 unspecified atom stereocenters. The summed E-state index contributed by atoms with van der Waals surface area (Å²) in [7, 11) is 0. The quantitative estimate of drug-likeness (QED) is 0.678. The minimum atomic E-state index is -0.434. The first kappa shape index (κ1) is 15.0. The van der Waals surface area contributed by atoms with Gasteiger partial charge in [-0.1, -0.05) is 49.6 Å². The van der Waals surface area contributed by atoms with Gasteiger partial charge in [0.15, 0.2) is 0 Å². The molecule has 0 radical (unpaired) electrons. The molecule has 0 N–H and O–H groups in total. The molecule has 0 aliphatic carbocycles. The molecule has 0 aliphatic heterocycles. The van der Waals surface area contributed by atoms with E-state index in [-0.39, 0.29) is 12.8 Å². The highest BCUT2D eigenvalue weighted by molar-refractivity contribution is 5.43. The molecule has 0 spiro atoms. The molecule has 0 saturated heterocycles. The van der Waals surface area contributed by atoms with Crippen LogP contribution in [0.15, 0.2) is 73.3 Å². The Morgan fingerprint density at radius 3 is 1.52 bits per heavy atom. The Kier molecular flexibility index (Phi) is 4.88. The van der Waals surface area contributed by atoms with Crippen LogP contribution in [0.5, 0.6) is 11.5 Å². The van der Waals surface area contributed by atoms with Gasteiger partial charge in [0, 0.05) is 24.0 Å². The molecule has 0 amide bonds. The predicted octanol–water partition coefficient (Wildman–Crippen LogP) is 5.53. The van der Waals surface area contributed by atoms with Crippen LogP contribution in [0, 0.1) is 0 Å². The highest BCUT2D eigenvalue weighted by Crippen LogP contribution is 2.30. The van der Waals surface area contributed by atoms with E-state index in [1.54, 1.807) is 48.5 Å². The number of hydrogen-bond donors (Lipinski definition) is 0. The maximum absolute atomic E-state index is 13.0. The van der Waals surface area contributed by atoms with Crippen molar-refractivity contribution in [3.05, 3.63) is 84.5 Å². The van der Waals surface area contributed by atoms with Crippen molar-refractivity contribution < 1.29 is 13.5 Å². The molecule has 3 heteroatoms. The maximum atomic E-state index is 13.0. The molecular weight excluding hydrogens is 270 g/mol. The molecule has 108 valence electrons. The normalized spacial score (nSPS) is 10.2. The SMILES string of the molecule is C=C(F)Cc1ccccc1Oc1ccccc1CC(=C)F. The summed E-state index contributed by atoms with van der Waals surface area (Å²) >= 11 is 0. The summed E-state index contributed by atoms with van der Waals surface area (Å²) in [5, 5.41) is 0. The summed E-state index contributed by atoms with van der Waals surface area (Å²) < 4.78 is 31.9. The Morgan fingerprint density at radius 2 is 1.14 bits per heavy atom. The highest BCUT2D eigenvalue weighted by atomic mass is 19.1. The lowest BCUT2D eigenvalue weighted by atomic mass is 10.1. The lowest BCUT2D eigenvalue weighted by molar-refractivity contribution is 0.467. The van der Waals surface area contributed by atoms with Gasteiger partial charge in [-0.3, -0.25) is 0 Å². The minimum absolute atomic E-state index is 0.0914. The fraction of sp³-hybridized carbons (Fsp3) is 0.111. The number of rotatable bonds is 6. The summed E-state index contributed by atoms with van der Waals surface area (Å²) in [4.78, 5) is 0. The van der Waals surface area contributed by atoms with Crippen LogP contribution in [0.1, 0.15) is 11.1 Å². The number of ether oxygens (including phenoxy) is 1. The van der Waals surface area contributed by atoms with E-state index < -0.39 is 11.7 Å². The van der Waals surface area contributed by atoms with Gasteiger partial charge in [0.05, 0.1) is 11.7 Å². The van der Waals surface area contributed by atoms with Crippen molar-refractivity contribution in [2.24, 2.45) is 0 Å². The highest BCUT2D eigenvalue weighted by Gasteiger charge is 2.09. The second-order valence-electron chi connectivity index (χ2n) is 4.71. The average Bonchev–Trinajstić information content (AvgIpc) is 2.42. The van der Waals surface area contributed by atoms with E-state index >= 15 is 0 Å². The van der Waals surface area contributed by atoms with E-state index in [9.17, 15) is 8.78 Å². The Labute approximate surface area is 123 Å². The molecule has 21 heavy (non-hydrogen) atoms. The van der Waals surface area contributed by atoms with E-state index in [2.05, 4.69) is 13.2 Å². The zero-order valence-corrected chi connectivity index (χ0v) is 11.6. The van der Waals surface area contributed by atoms with Crippen molar-refractivity contribution in [2.45, 2.75) is 12.8 Å². The average molecular weight is 286 g/mol. The third kappa shape index (κ3) is 4.28. The van der Waals surface area contributed by atoms with E-state index in [1.807, 2.05) is 0 Å². The summed E-state index contributed by atoms with van der Waals surface area (Å²) in [6.45, 7) is 6.54. The molecule has 0 aliphatic rings. The molecule has 0 heterocycles. The Balaban J connectivity index is 2.30. The Bertz CT molecular complexity index is 604. The molecule has 0 atom stereocenters. The van der Waals surface area contributed by atoms with Crippen molar-refractivity contribution in [2.75, 3.05) is 0 Å². The maximum Gasteiger partial charge on any atom is 0.131 e. The molecule has 0 fully saturated rings. The second kappa shape index (κ2) is 6.84. The monoisotopic (exact) mass is 286 g/mol. The van der Waals surface area contributed by atoms with Gasteiger partial charge >= 0.3 is 0 Å². The van der Waals surface area contributed by atoms with Crippen molar-refractivity contribution in [3.8, 4) is 11.5 Å². The standard InChI is InChI=1S/C18H16F2O/c1-13(19)11-15-7-3-5-9-17(15)21-18-10-6-4-8-16(18)12-14(2)20/h3-10H,1-2,11-12H2. The summed E-state index contributed by atoms with van der Waals surface area (Å²) in [5.41, 5.74) is 1.39. The van der Waals surface area contributed by atoms with Crippen LogP contribution in [0.4, 0.5) is 8.78 Å². The number of halogens is 2. The lowest BCUT2D eigenvalue weighted by Crippen LogP contribution is -1.95. The second-order valence-corrected chi connectivity index (χ2v) is 4.71. The van der Waals surface area contributed by atoms with Crippen LogP contribution in [-0.4, -0.2) is 0 Å². The van der Waals surface area contributed by atoms with Gasteiger partial charge in [0.25, 0.3) is 0 Å². The van der Waals surface area contributed by atoms with Crippen LogP contribution in [-0.2, 0) is 12.8 Å². The van der Waals surface area contributed by atoms with Crippen molar-refractivity contribution >= 4 is 0 Å². The van der Waals surface area contributed by atoms with Gasteiger partial charge in [-0.05, 0) is 12.1 Å². The van der Waals surface area contributed by atoms with E-state index in [1.165, 1.54) is 0 Å². The molecular formula is C18H16F2O. The van der Waals surface area contributed by atoms with E-state index in [4.69, 9.17) is 4.74 Å². The van der Waals surface area contributed by atoms with E-state index in [0.29, 0.717) is 22.6 Å². The van der Waals surface area contributed by atoms with Crippen molar-refractivity contribution in [1.29, 1.82) is 0 Å². The van der Waals surface area contributed by atoms with Crippen LogP contribution in [0.3, 0.4) is 0 Å². The van der Waals surface area contributed by atoms with Crippen LogP contribution < -0.4 is 4.74 Å². The molecule has 0 bridgehead atoms. The van der Waals surface area contributed by atoms with Gasteiger partial charge in [0.1, 0.15) is 11.5 Å². The Hall–Kier alpha value is -2.42. The van der Waals surface area contributed by atoms with E-state index in [0.717, 1.165) is 0 Å². The summed E-state index contributed by atoms with van der Waals surface area (Å²) in [6.07, 6.45) is 0.183. The van der Waals surface area contributed by atoms with Gasteiger partial charge in [-0.2, -0.15) is 0 Å². The first-order valence-corrected chi connectivity index (χ1v) is 6.56. The minimum Gasteiger partial charge on any atom is -0.457 e. The number of para-hydroxylation sites is 2. The fourth-order valence-corrected chi connectivity index (χ4v) is 2.03. The molecule has 0 saturated carbocycles. The molecule has 2 aromatic carbocycles. The smallest absolute Gasteiger partial charge is 0.131 e. The van der Waals surface area contributed by atoms with Gasteiger partial charge in [0.2, 0.25) is 0 Å². The van der Waals surface area contributed by atoms with Crippen molar-refractivity contribution in [3.63, 3.8) is 0 Å². The fourth-order valence-electron chi connectivity index (χ4n) is 2.03. The zero-order chi connectivity index (χ0) is 15.2. The predicted molar refractivity (Wildman–Crippen MR) is 80.9 cm³/mol. The first-order valence-electron chi connectivity index (χ1n) is 6.56. The topological polar surface area (TPSA) is 9.23 Å². The van der Waals surface area contributed by atoms with Crippen molar-refractivity contribution in [1.82, 2.24) is 0 Å². The third-order valence-corrected chi connectivity index (χ3v) is 2.93. The number of hydrogen-bond acceptors (Lipinski definition) is 1. The largest absolute Gasteiger partial charge is 0.457 e. The Morgan fingerprint density at radius 1 is 0.762 bits per heavy atom. The molecule has 0 aromatic heterocycles. The molecule has 1 nitrogen and oxygen atoms in total. The van der Waals surface area contributed by atoms with Crippen LogP contribution >= 0.6 is 0 Å². The summed E-state index contributed by atoms with van der Waals surface area (Å²) in [6, 6.07) is 14.3. The molecule has 2 rings (SSSR count). The summed E-state index contributed by atoms with van der Waals surface area (Å²) in [5.74, 6) is 0.203. The zero-order valence-electron chi connectivity index (χ0n) is 11.6. The van der Waals surface area contributed by atoms with Gasteiger partial charge < -0.3 is 4.74 Å². The van der Waals surface area contributed by atoms with Crippen LogP contribution in [0.25, 0.3) is 0 Å². The lowest BCUT2D eigenvalue weighted by Gasteiger charge is -2.13. The van der Waals surface area contributed by atoms with Crippen LogP contribution in [0.2, 0.25) is 0 Å². The molecule has 2 aromatic rings.